The SMILES string of the molecule is OC(c1cc(F)ccc1F)c1cccc2c1OCC2. The molecular weight excluding hydrogens is 250 g/mol. The molecule has 1 unspecified atom stereocenters. The molecule has 1 atom stereocenters. The molecule has 0 bridgehead atoms. The third-order valence-electron chi connectivity index (χ3n) is 3.29. The lowest BCUT2D eigenvalue weighted by Crippen LogP contribution is -2.05. The van der Waals surface area contributed by atoms with Gasteiger partial charge in [0.05, 0.1) is 6.61 Å². The largest absolute Gasteiger partial charge is 0.493 e. The maximum atomic E-state index is 13.7. The van der Waals surface area contributed by atoms with Crippen molar-refractivity contribution in [3.05, 3.63) is 64.7 Å². The number of ether oxygens (including phenoxy) is 1. The molecule has 1 aliphatic heterocycles. The van der Waals surface area contributed by atoms with E-state index in [-0.39, 0.29) is 5.56 Å². The van der Waals surface area contributed by atoms with Crippen LogP contribution >= 0.6 is 0 Å². The van der Waals surface area contributed by atoms with Crippen LogP contribution in [0.4, 0.5) is 8.78 Å². The standard InChI is InChI=1S/C15H12F2O2/c16-10-4-5-13(17)12(8-10)14(18)11-3-1-2-9-6-7-19-15(9)11/h1-5,8,14,18H,6-7H2. The van der Waals surface area contributed by atoms with E-state index in [1.807, 2.05) is 6.07 Å². The summed E-state index contributed by atoms with van der Waals surface area (Å²) in [5.74, 6) is -0.632. The predicted molar refractivity (Wildman–Crippen MR) is 66.1 cm³/mol. The van der Waals surface area contributed by atoms with E-state index in [1.165, 1.54) is 0 Å². The first kappa shape index (κ1) is 12.1. The fraction of sp³-hybridized carbons (Fsp3) is 0.200. The van der Waals surface area contributed by atoms with Gasteiger partial charge in [0.25, 0.3) is 0 Å². The fourth-order valence-corrected chi connectivity index (χ4v) is 2.35. The Morgan fingerprint density at radius 2 is 1.95 bits per heavy atom. The molecule has 1 heterocycles. The molecule has 98 valence electrons. The Hall–Kier alpha value is -1.94. The van der Waals surface area contributed by atoms with Gasteiger partial charge in [-0.1, -0.05) is 18.2 Å². The smallest absolute Gasteiger partial charge is 0.129 e. The molecule has 0 saturated heterocycles. The Labute approximate surface area is 109 Å². The van der Waals surface area contributed by atoms with Crippen molar-refractivity contribution in [3.8, 4) is 5.75 Å². The van der Waals surface area contributed by atoms with Crippen LogP contribution in [0, 0.1) is 11.6 Å². The predicted octanol–water partition coefficient (Wildman–Crippen LogP) is 2.98. The quantitative estimate of drug-likeness (QED) is 0.901. The van der Waals surface area contributed by atoms with Gasteiger partial charge >= 0.3 is 0 Å². The Kier molecular flexibility index (Phi) is 2.95. The normalized spacial score (nSPS) is 14.9. The monoisotopic (exact) mass is 262 g/mol. The van der Waals surface area contributed by atoms with E-state index < -0.39 is 17.7 Å². The molecule has 19 heavy (non-hydrogen) atoms. The van der Waals surface area contributed by atoms with Crippen LogP contribution in [0.25, 0.3) is 0 Å². The molecule has 1 N–H and O–H groups in total. The van der Waals surface area contributed by atoms with Gasteiger partial charge in [0.1, 0.15) is 23.5 Å². The van der Waals surface area contributed by atoms with E-state index in [9.17, 15) is 13.9 Å². The van der Waals surface area contributed by atoms with Crippen molar-refractivity contribution in [2.75, 3.05) is 6.61 Å². The summed E-state index contributed by atoms with van der Waals surface area (Å²) in [6, 6.07) is 8.40. The molecule has 0 aromatic heterocycles. The summed E-state index contributed by atoms with van der Waals surface area (Å²) in [5.41, 5.74) is 1.37. The van der Waals surface area contributed by atoms with E-state index in [4.69, 9.17) is 4.74 Å². The van der Waals surface area contributed by atoms with Crippen LogP contribution in [0.1, 0.15) is 22.8 Å². The van der Waals surface area contributed by atoms with Crippen LogP contribution in [0.5, 0.6) is 5.75 Å². The Morgan fingerprint density at radius 1 is 1.11 bits per heavy atom. The summed E-state index contributed by atoms with van der Waals surface area (Å²) >= 11 is 0. The van der Waals surface area contributed by atoms with Gasteiger partial charge in [-0.2, -0.15) is 0 Å². The van der Waals surface area contributed by atoms with Crippen LogP contribution < -0.4 is 4.74 Å². The molecule has 0 radical (unpaired) electrons. The van der Waals surface area contributed by atoms with E-state index >= 15 is 0 Å². The summed E-state index contributed by atoms with van der Waals surface area (Å²) in [6.07, 6.45) is -0.467. The van der Waals surface area contributed by atoms with Gasteiger partial charge in [-0.15, -0.1) is 0 Å². The first-order valence-corrected chi connectivity index (χ1v) is 6.04. The molecule has 0 saturated carbocycles. The molecule has 3 rings (SSSR count). The van der Waals surface area contributed by atoms with Gasteiger partial charge in [-0.05, 0) is 23.8 Å². The zero-order valence-corrected chi connectivity index (χ0v) is 10.1. The number of hydrogen-bond donors (Lipinski definition) is 1. The van der Waals surface area contributed by atoms with Crippen molar-refractivity contribution < 1.29 is 18.6 Å². The number of para-hydroxylation sites is 1. The number of fused-ring (bicyclic) bond motifs is 1. The minimum Gasteiger partial charge on any atom is -0.493 e. The second-order valence-electron chi connectivity index (χ2n) is 4.50. The number of aliphatic hydroxyl groups is 1. The van der Waals surface area contributed by atoms with Crippen molar-refractivity contribution >= 4 is 0 Å². The van der Waals surface area contributed by atoms with Gasteiger partial charge in [0.2, 0.25) is 0 Å². The molecule has 4 heteroatoms. The second kappa shape index (κ2) is 4.63. The minimum absolute atomic E-state index is 0.0797. The van der Waals surface area contributed by atoms with E-state index in [1.54, 1.807) is 12.1 Å². The molecule has 0 spiro atoms. The second-order valence-corrected chi connectivity index (χ2v) is 4.50. The lowest BCUT2D eigenvalue weighted by Gasteiger charge is -2.15. The highest BCUT2D eigenvalue weighted by Crippen LogP contribution is 2.36. The van der Waals surface area contributed by atoms with Crippen LogP contribution in [-0.4, -0.2) is 11.7 Å². The van der Waals surface area contributed by atoms with Gasteiger partial charge in [0.15, 0.2) is 0 Å². The summed E-state index contributed by atoms with van der Waals surface area (Å²) in [6.45, 7) is 0.546. The number of halogens is 2. The zero-order valence-electron chi connectivity index (χ0n) is 10.1. The number of benzene rings is 2. The van der Waals surface area contributed by atoms with Crippen LogP contribution in [0.2, 0.25) is 0 Å². The first-order chi connectivity index (χ1) is 9.16. The van der Waals surface area contributed by atoms with Crippen LogP contribution in [0.3, 0.4) is 0 Å². The molecule has 0 fully saturated rings. The fourth-order valence-electron chi connectivity index (χ4n) is 2.35. The summed E-state index contributed by atoms with van der Waals surface area (Å²) in [5, 5.41) is 10.3. The number of aliphatic hydroxyl groups excluding tert-OH is 1. The molecule has 0 aliphatic carbocycles. The highest BCUT2D eigenvalue weighted by Gasteiger charge is 2.23. The number of rotatable bonds is 2. The number of hydrogen-bond acceptors (Lipinski definition) is 2. The van der Waals surface area contributed by atoms with Crippen molar-refractivity contribution in [3.63, 3.8) is 0 Å². The first-order valence-electron chi connectivity index (χ1n) is 6.04. The van der Waals surface area contributed by atoms with E-state index in [0.29, 0.717) is 17.9 Å². The van der Waals surface area contributed by atoms with Gasteiger partial charge < -0.3 is 9.84 Å². The Morgan fingerprint density at radius 3 is 2.79 bits per heavy atom. The van der Waals surface area contributed by atoms with E-state index in [0.717, 1.165) is 30.2 Å². The lowest BCUT2D eigenvalue weighted by molar-refractivity contribution is 0.208. The van der Waals surface area contributed by atoms with Crippen molar-refractivity contribution in [2.24, 2.45) is 0 Å². The zero-order chi connectivity index (χ0) is 13.4. The molecule has 2 aromatic carbocycles. The van der Waals surface area contributed by atoms with Crippen molar-refractivity contribution in [1.82, 2.24) is 0 Å². The molecule has 1 aliphatic rings. The van der Waals surface area contributed by atoms with Crippen molar-refractivity contribution in [1.29, 1.82) is 0 Å². The van der Waals surface area contributed by atoms with Crippen molar-refractivity contribution in [2.45, 2.75) is 12.5 Å². The molecular formula is C15H12F2O2. The molecule has 2 aromatic rings. The van der Waals surface area contributed by atoms with Gasteiger partial charge in [-0.25, -0.2) is 8.78 Å². The Balaban J connectivity index is 2.07. The maximum Gasteiger partial charge on any atom is 0.129 e. The minimum atomic E-state index is -1.23. The molecule has 0 amide bonds. The average molecular weight is 262 g/mol. The van der Waals surface area contributed by atoms with E-state index in [2.05, 4.69) is 0 Å². The topological polar surface area (TPSA) is 29.5 Å². The lowest BCUT2D eigenvalue weighted by atomic mass is 9.98. The summed E-state index contributed by atoms with van der Waals surface area (Å²) < 4.78 is 32.3. The highest BCUT2D eigenvalue weighted by molar-refractivity contribution is 5.48. The van der Waals surface area contributed by atoms with Crippen LogP contribution in [0.15, 0.2) is 36.4 Å². The maximum absolute atomic E-state index is 13.7. The Bertz CT molecular complexity index is 626. The van der Waals surface area contributed by atoms with Gasteiger partial charge in [0, 0.05) is 17.5 Å². The van der Waals surface area contributed by atoms with Gasteiger partial charge in [-0.3, -0.25) is 0 Å². The third kappa shape index (κ3) is 2.08. The third-order valence-corrected chi connectivity index (χ3v) is 3.29. The van der Waals surface area contributed by atoms with Crippen LogP contribution in [-0.2, 0) is 6.42 Å². The highest BCUT2D eigenvalue weighted by atomic mass is 19.1. The molecule has 2 nitrogen and oxygen atoms in total. The summed E-state index contributed by atoms with van der Waals surface area (Å²) in [7, 11) is 0. The summed E-state index contributed by atoms with van der Waals surface area (Å²) in [4.78, 5) is 0. The average Bonchev–Trinajstić information content (AvgIpc) is 2.89.